The Morgan fingerprint density at radius 3 is 2.57 bits per heavy atom. The molecule has 1 aromatic heterocycles. The van der Waals surface area contributed by atoms with E-state index >= 15 is 0 Å². The topological polar surface area (TPSA) is 101 Å². The Balaban J connectivity index is 1.36. The van der Waals surface area contributed by atoms with Crippen LogP contribution < -0.4 is 11.1 Å². The third-order valence-corrected chi connectivity index (χ3v) is 4.78. The number of nitrogen functional groups attached to an aromatic ring is 1. The number of rotatable bonds is 9. The molecule has 0 aliphatic carbocycles. The molecular weight excluding hydrogens is 352 g/mol. The zero-order chi connectivity index (χ0) is 19.9. The number of aromatic nitrogens is 2. The molecule has 4 N–H and O–H groups in total. The molecule has 2 aromatic carbocycles. The van der Waals surface area contributed by atoms with Crippen LogP contribution in [0.1, 0.15) is 54.6 Å². The maximum absolute atomic E-state index is 12.4. The smallest absolute Gasteiger partial charge is 0.224 e. The van der Waals surface area contributed by atoms with E-state index in [0.29, 0.717) is 29.9 Å². The van der Waals surface area contributed by atoms with Crippen LogP contribution >= 0.6 is 0 Å². The van der Waals surface area contributed by atoms with Gasteiger partial charge in [0.15, 0.2) is 5.78 Å². The van der Waals surface area contributed by atoms with Gasteiger partial charge in [0.05, 0.1) is 16.9 Å². The van der Waals surface area contributed by atoms with Crippen LogP contribution in [0.5, 0.6) is 0 Å². The summed E-state index contributed by atoms with van der Waals surface area (Å²) in [5, 5.41) is 10.8. The Kier molecular flexibility index (Phi) is 6.42. The molecule has 1 amide bonds. The van der Waals surface area contributed by atoms with Gasteiger partial charge in [-0.05, 0) is 44.0 Å². The fraction of sp³-hybridized carbons (Fsp3) is 0.318. The third-order valence-electron chi connectivity index (χ3n) is 4.78. The Hall–Kier alpha value is -3.15. The molecule has 0 saturated heterocycles. The minimum atomic E-state index is -0.0349. The highest BCUT2D eigenvalue weighted by molar-refractivity contribution is 6.05. The van der Waals surface area contributed by atoms with Crippen LogP contribution in [-0.4, -0.2) is 21.9 Å². The number of ketones is 1. The lowest BCUT2D eigenvalue weighted by Crippen LogP contribution is -2.12. The molecule has 0 unspecified atom stereocenters. The third kappa shape index (κ3) is 4.97. The average Bonchev–Trinajstić information content (AvgIpc) is 3.09. The van der Waals surface area contributed by atoms with Gasteiger partial charge < -0.3 is 11.1 Å². The number of nitrogens with one attached hydrogen (secondary N) is 2. The molecule has 0 bridgehead atoms. The van der Waals surface area contributed by atoms with E-state index in [2.05, 4.69) is 15.5 Å². The minimum absolute atomic E-state index is 0.0349. The number of carbonyl (C=O) groups is 2. The van der Waals surface area contributed by atoms with Crippen LogP contribution in [0.2, 0.25) is 0 Å². The van der Waals surface area contributed by atoms with Gasteiger partial charge in [0.1, 0.15) is 5.69 Å². The normalized spacial score (nSPS) is 10.9. The van der Waals surface area contributed by atoms with E-state index in [4.69, 9.17) is 5.73 Å². The summed E-state index contributed by atoms with van der Waals surface area (Å²) in [4.78, 5) is 24.4. The predicted octanol–water partition coefficient (Wildman–Crippen LogP) is 4.62. The number of anilines is 2. The molecule has 0 aliphatic rings. The number of para-hydroxylation sites is 2. The van der Waals surface area contributed by atoms with Crippen molar-refractivity contribution in [3.05, 3.63) is 53.7 Å². The first-order chi connectivity index (χ1) is 13.5. The molecule has 3 aromatic rings. The fourth-order valence-electron chi connectivity index (χ4n) is 3.21. The summed E-state index contributed by atoms with van der Waals surface area (Å²) in [5.41, 5.74) is 9.56. The van der Waals surface area contributed by atoms with Crippen molar-refractivity contribution in [3.63, 3.8) is 0 Å². The van der Waals surface area contributed by atoms with E-state index < -0.39 is 0 Å². The second-order valence-electron chi connectivity index (χ2n) is 7.09. The summed E-state index contributed by atoms with van der Waals surface area (Å²) >= 11 is 0. The van der Waals surface area contributed by atoms with Gasteiger partial charge in [0.25, 0.3) is 0 Å². The van der Waals surface area contributed by atoms with E-state index in [-0.39, 0.29) is 11.7 Å². The lowest BCUT2D eigenvalue weighted by atomic mass is 10.0. The minimum Gasteiger partial charge on any atom is -0.397 e. The standard InChI is InChI=1S/C22H26N4O2/c1-15-12-13-18-16(14-15)22(26-25-18)20(27)10-4-2-3-5-11-21(28)24-19-9-7-6-8-17(19)23/h6-9,12-14H,2-5,10-11,23H2,1H3,(H,24,28)(H,25,26). The molecule has 0 radical (unpaired) electrons. The highest BCUT2D eigenvalue weighted by Gasteiger charge is 2.13. The summed E-state index contributed by atoms with van der Waals surface area (Å²) in [6.45, 7) is 2.00. The van der Waals surface area contributed by atoms with Crippen molar-refractivity contribution >= 4 is 34.0 Å². The highest BCUT2D eigenvalue weighted by atomic mass is 16.1. The van der Waals surface area contributed by atoms with E-state index in [1.807, 2.05) is 37.3 Å². The summed E-state index contributed by atoms with van der Waals surface area (Å²) in [6, 6.07) is 13.2. The van der Waals surface area contributed by atoms with E-state index in [1.54, 1.807) is 12.1 Å². The van der Waals surface area contributed by atoms with Crippen LogP contribution in [0.3, 0.4) is 0 Å². The number of aromatic amines is 1. The van der Waals surface area contributed by atoms with Crippen LogP contribution in [0.15, 0.2) is 42.5 Å². The molecule has 0 spiro atoms. The van der Waals surface area contributed by atoms with Crippen molar-refractivity contribution in [2.24, 2.45) is 0 Å². The molecule has 6 nitrogen and oxygen atoms in total. The number of unbranched alkanes of at least 4 members (excludes halogenated alkanes) is 3. The lowest BCUT2D eigenvalue weighted by molar-refractivity contribution is -0.116. The molecule has 3 rings (SSSR count). The largest absolute Gasteiger partial charge is 0.397 e. The number of benzene rings is 2. The highest BCUT2D eigenvalue weighted by Crippen LogP contribution is 2.20. The van der Waals surface area contributed by atoms with Gasteiger partial charge in [-0.2, -0.15) is 5.10 Å². The van der Waals surface area contributed by atoms with Gasteiger partial charge >= 0.3 is 0 Å². The summed E-state index contributed by atoms with van der Waals surface area (Å²) in [7, 11) is 0. The first-order valence-electron chi connectivity index (χ1n) is 9.67. The van der Waals surface area contributed by atoms with Gasteiger partial charge in [-0.25, -0.2) is 0 Å². The second kappa shape index (κ2) is 9.17. The molecule has 0 aliphatic heterocycles. The number of nitrogens with zero attached hydrogens (tertiary/aromatic N) is 1. The van der Waals surface area contributed by atoms with Crippen molar-refractivity contribution in [2.75, 3.05) is 11.1 Å². The van der Waals surface area contributed by atoms with Crippen molar-refractivity contribution < 1.29 is 9.59 Å². The molecule has 146 valence electrons. The Morgan fingerprint density at radius 2 is 1.79 bits per heavy atom. The number of aryl methyl sites for hydroxylation is 1. The zero-order valence-electron chi connectivity index (χ0n) is 16.1. The van der Waals surface area contributed by atoms with E-state index in [1.165, 1.54) is 0 Å². The molecule has 28 heavy (non-hydrogen) atoms. The summed E-state index contributed by atoms with van der Waals surface area (Å²) in [5.74, 6) is 0.0292. The van der Waals surface area contributed by atoms with E-state index in [9.17, 15) is 9.59 Å². The average molecular weight is 378 g/mol. The summed E-state index contributed by atoms with van der Waals surface area (Å²) in [6.07, 6.45) is 4.33. The van der Waals surface area contributed by atoms with Crippen molar-refractivity contribution in [1.29, 1.82) is 0 Å². The molecule has 0 fully saturated rings. The molecule has 0 saturated carbocycles. The van der Waals surface area contributed by atoms with Crippen LogP contribution in [-0.2, 0) is 4.79 Å². The van der Waals surface area contributed by atoms with Gasteiger partial charge in [-0.15, -0.1) is 0 Å². The maximum Gasteiger partial charge on any atom is 0.224 e. The van der Waals surface area contributed by atoms with Crippen LogP contribution in [0.25, 0.3) is 10.9 Å². The number of nitrogens with two attached hydrogens (primary N) is 1. The maximum atomic E-state index is 12.4. The van der Waals surface area contributed by atoms with E-state index in [0.717, 1.165) is 42.1 Å². The fourth-order valence-corrected chi connectivity index (χ4v) is 3.21. The second-order valence-corrected chi connectivity index (χ2v) is 7.09. The number of fused-ring (bicyclic) bond motifs is 1. The van der Waals surface area contributed by atoms with Crippen LogP contribution in [0, 0.1) is 6.92 Å². The molecule has 6 heteroatoms. The number of amides is 1. The monoisotopic (exact) mass is 378 g/mol. The van der Waals surface area contributed by atoms with Gasteiger partial charge in [0, 0.05) is 18.2 Å². The Bertz CT molecular complexity index is 978. The SMILES string of the molecule is Cc1ccc2[nH]nc(C(=O)CCCCCCC(=O)Nc3ccccc3N)c2c1. The quantitative estimate of drug-likeness (QED) is 0.287. The number of H-pyrrole nitrogens is 1. The van der Waals surface area contributed by atoms with Gasteiger partial charge in [-0.1, -0.05) is 36.6 Å². The van der Waals surface area contributed by atoms with Crippen molar-refractivity contribution in [2.45, 2.75) is 45.4 Å². The van der Waals surface area contributed by atoms with Gasteiger partial charge in [0.2, 0.25) is 5.91 Å². The Labute approximate surface area is 164 Å². The number of carbonyl (C=O) groups excluding carboxylic acids is 2. The molecule has 0 atom stereocenters. The number of Topliss-reactive ketones (excluding diaryl/α,β-unsaturated/α-hetero) is 1. The predicted molar refractivity (Wildman–Crippen MR) is 112 cm³/mol. The molecule has 1 heterocycles. The number of hydrogen-bond acceptors (Lipinski definition) is 4. The van der Waals surface area contributed by atoms with Crippen molar-refractivity contribution in [3.8, 4) is 0 Å². The lowest BCUT2D eigenvalue weighted by Gasteiger charge is -2.07. The molecular formula is C22H26N4O2. The Morgan fingerprint density at radius 1 is 1.04 bits per heavy atom. The van der Waals surface area contributed by atoms with Crippen molar-refractivity contribution in [1.82, 2.24) is 10.2 Å². The van der Waals surface area contributed by atoms with Crippen LogP contribution in [0.4, 0.5) is 11.4 Å². The first kappa shape index (κ1) is 19.6. The van der Waals surface area contributed by atoms with Gasteiger partial charge in [-0.3, -0.25) is 14.7 Å². The summed E-state index contributed by atoms with van der Waals surface area (Å²) < 4.78 is 0. The number of hydrogen-bond donors (Lipinski definition) is 3. The first-order valence-corrected chi connectivity index (χ1v) is 9.67. The zero-order valence-corrected chi connectivity index (χ0v) is 16.1.